The predicted octanol–water partition coefficient (Wildman–Crippen LogP) is 3.19. The van der Waals surface area contributed by atoms with E-state index in [0.717, 1.165) is 24.8 Å². The second kappa shape index (κ2) is 8.54. The summed E-state index contributed by atoms with van der Waals surface area (Å²) in [7, 11) is -3.46. The first-order valence-electron chi connectivity index (χ1n) is 9.05. The molecule has 1 N–H and O–H groups in total. The van der Waals surface area contributed by atoms with Crippen LogP contribution in [0.3, 0.4) is 0 Å². The van der Waals surface area contributed by atoms with Crippen LogP contribution in [0.25, 0.3) is 0 Å². The molecule has 1 heterocycles. The van der Waals surface area contributed by atoms with Crippen molar-refractivity contribution in [1.29, 1.82) is 0 Å². The third kappa shape index (κ3) is 5.08. The van der Waals surface area contributed by atoms with E-state index in [2.05, 4.69) is 5.32 Å². The summed E-state index contributed by atoms with van der Waals surface area (Å²) in [6, 6.07) is 13.7. The molecule has 0 saturated carbocycles. The fourth-order valence-corrected chi connectivity index (χ4v) is 4.53. The molecule has 0 aliphatic carbocycles. The number of carbonyl (C=O) groups excluding carboxylic acids is 1. The Morgan fingerprint density at radius 1 is 1.07 bits per heavy atom. The highest BCUT2D eigenvalue weighted by molar-refractivity contribution is 7.89. The number of benzene rings is 2. The summed E-state index contributed by atoms with van der Waals surface area (Å²) in [5.74, 6) is 0.330. The molecular formula is C20H24N2O4S. The summed E-state index contributed by atoms with van der Waals surface area (Å²) in [5.41, 5.74) is 1.59. The third-order valence-corrected chi connectivity index (χ3v) is 6.36. The smallest absolute Gasteiger partial charge is 0.262 e. The number of rotatable bonds is 6. The fraction of sp³-hybridized carbons (Fsp3) is 0.350. The van der Waals surface area contributed by atoms with Gasteiger partial charge in [-0.05, 0) is 61.7 Å². The zero-order valence-corrected chi connectivity index (χ0v) is 16.2. The lowest BCUT2D eigenvalue weighted by atomic mass is 10.2. The highest BCUT2D eigenvalue weighted by Crippen LogP contribution is 2.22. The molecule has 0 atom stereocenters. The number of hydrogen-bond acceptors (Lipinski definition) is 4. The van der Waals surface area contributed by atoms with Gasteiger partial charge in [0.05, 0.1) is 4.90 Å². The van der Waals surface area contributed by atoms with E-state index in [-0.39, 0.29) is 17.4 Å². The van der Waals surface area contributed by atoms with Gasteiger partial charge in [-0.25, -0.2) is 8.42 Å². The molecule has 1 fully saturated rings. The summed E-state index contributed by atoms with van der Waals surface area (Å²) in [6.07, 6.45) is 2.87. The molecule has 0 bridgehead atoms. The molecule has 1 aliphatic rings. The summed E-state index contributed by atoms with van der Waals surface area (Å²) in [4.78, 5) is 12.3. The largest absolute Gasteiger partial charge is 0.484 e. The number of aryl methyl sites for hydroxylation is 1. The van der Waals surface area contributed by atoms with Crippen LogP contribution >= 0.6 is 0 Å². The number of nitrogens with zero attached hydrogens (tertiary/aromatic N) is 1. The van der Waals surface area contributed by atoms with Gasteiger partial charge < -0.3 is 10.1 Å². The highest BCUT2D eigenvalue weighted by atomic mass is 32.2. The number of anilines is 1. The number of sulfonamides is 1. The van der Waals surface area contributed by atoms with Crippen LogP contribution in [0.5, 0.6) is 5.75 Å². The number of carbonyl (C=O) groups is 1. The Balaban J connectivity index is 1.57. The monoisotopic (exact) mass is 388 g/mol. The van der Waals surface area contributed by atoms with Crippen LogP contribution in [-0.4, -0.2) is 38.3 Å². The predicted molar refractivity (Wildman–Crippen MR) is 104 cm³/mol. The first-order valence-corrected chi connectivity index (χ1v) is 10.5. The van der Waals surface area contributed by atoms with Crippen LogP contribution in [0, 0.1) is 6.92 Å². The first kappa shape index (κ1) is 19.4. The van der Waals surface area contributed by atoms with Gasteiger partial charge >= 0.3 is 0 Å². The molecule has 0 aromatic heterocycles. The van der Waals surface area contributed by atoms with Gasteiger partial charge in [-0.3, -0.25) is 4.79 Å². The summed E-state index contributed by atoms with van der Waals surface area (Å²) in [6.45, 7) is 2.97. The van der Waals surface area contributed by atoms with Gasteiger partial charge in [0.15, 0.2) is 6.61 Å². The van der Waals surface area contributed by atoms with Crippen LogP contribution in [0.15, 0.2) is 53.4 Å². The Morgan fingerprint density at radius 2 is 1.78 bits per heavy atom. The van der Waals surface area contributed by atoms with Gasteiger partial charge in [0.2, 0.25) is 10.0 Å². The molecule has 1 amide bonds. The fourth-order valence-electron chi connectivity index (χ4n) is 3.02. The minimum absolute atomic E-state index is 0.114. The van der Waals surface area contributed by atoms with Crippen molar-refractivity contribution in [3.05, 3.63) is 54.1 Å². The molecular weight excluding hydrogens is 364 g/mol. The average molecular weight is 388 g/mol. The van der Waals surface area contributed by atoms with Crippen LogP contribution in [0.1, 0.15) is 24.8 Å². The quantitative estimate of drug-likeness (QED) is 0.825. The van der Waals surface area contributed by atoms with Crippen LogP contribution in [0.4, 0.5) is 5.69 Å². The SMILES string of the molecule is Cc1cccc(OCC(=O)Nc2ccc(S(=O)(=O)N3CCCCC3)cc2)c1. The van der Waals surface area contributed by atoms with Crippen molar-refractivity contribution in [3.63, 3.8) is 0 Å². The number of nitrogens with one attached hydrogen (secondary N) is 1. The maximum absolute atomic E-state index is 12.6. The third-order valence-electron chi connectivity index (χ3n) is 4.45. The molecule has 2 aromatic carbocycles. The van der Waals surface area contributed by atoms with E-state index in [9.17, 15) is 13.2 Å². The Kier molecular flexibility index (Phi) is 6.13. The molecule has 0 unspecified atom stereocenters. The van der Waals surface area contributed by atoms with Gasteiger partial charge in [0, 0.05) is 18.8 Å². The molecule has 0 spiro atoms. The van der Waals surface area contributed by atoms with Crippen molar-refractivity contribution < 1.29 is 17.9 Å². The van der Waals surface area contributed by atoms with E-state index >= 15 is 0 Å². The Labute approximate surface area is 160 Å². The molecule has 6 nitrogen and oxygen atoms in total. The van der Waals surface area contributed by atoms with E-state index < -0.39 is 10.0 Å². The van der Waals surface area contributed by atoms with E-state index in [1.54, 1.807) is 18.2 Å². The second-order valence-electron chi connectivity index (χ2n) is 6.64. The van der Waals surface area contributed by atoms with E-state index in [1.807, 2.05) is 25.1 Å². The van der Waals surface area contributed by atoms with Gasteiger partial charge in [0.25, 0.3) is 5.91 Å². The lowest BCUT2D eigenvalue weighted by Gasteiger charge is -2.25. The van der Waals surface area contributed by atoms with Crippen molar-refractivity contribution in [2.75, 3.05) is 25.0 Å². The topological polar surface area (TPSA) is 75.7 Å². The zero-order chi connectivity index (χ0) is 19.3. The summed E-state index contributed by atoms with van der Waals surface area (Å²) in [5, 5.41) is 2.71. The van der Waals surface area contributed by atoms with Gasteiger partial charge in [-0.15, -0.1) is 0 Å². The van der Waals surface area contributed by atoms with Crippen LogP contribution in [0.2, 0.25) is 0 Å². The van der Waals surface area contributed by atoms with E-state index in [0.29, 0.717) is 24.5 Å². The summed E-state index contributed by atoms with van der Waals surface area (Å²) < 4.78 is 32.2. The van der Waals surface area contributed by atoms with Crippen molar-refractivity contribution in [2.45, 2.75) is 31.1 Å². The normalized spacial score (nSPS) is 15.3. The minimum Gasteiger partial charge on any atom is -0.484 e. The maximum atomic E-state index is 12.6. The Bertz CT molecular complexity index is 888. The number of ether oxygens (including phenoxy) is 1. The van der Waals surface area contributed by atoms with E-state index in [4.69, 9.17) is 4.74 Å². The molecule has 7 heteroatoms. The number of piperidine rings is 1. The number of hydrogen-bond donors (Lipinski definition) is 1. The Hall–Kier alpha value is -2.38. The molecule has 3 rings (SSSR count). The molecule has 144 valence electrons. The minimum atomic E-state index is -3.46. The average Bonchev–Trinajstić information content (AvgIpc) is 2.68. The molecule has 2 aromatic rings. The second-order valence-corrected chi connectivity index (χ2v) is 8.58. The first-order chi connectivity index (χ1) is 12.9. The van der Waals surface area contributed by atoms with Crippen molar-refractivity contribution in [3.8, 4) is 5.75 Å². The zero-order valence-electron chi connectivity index (χ0n) is 15.3. The molecule has 1 saturated heterocycles. The van der Waals surface area contributed by atoms with Crippen molar-refractivity contribution >= 4 is 21.6 Å². The van der Waals surface area contributed by atoms with Gasteiger partial charge in [-0.1, -0.05) is 18.6 Å². The van der Waals surface area contributed by atoms with Gasteiger partial charge in [0.1, 0.15) is 5.75 Å². The van der Waals surface area contributed by atoms with Crippen LogP contribution in [-0.2, 0) is 14.8 Å². The standard InChI is InChI=1S/C20H24N2O4S/c1-16-6-5-7-18(14-16)26-15-20(23)21-17-8-10-19(11-9-17)27(24,25)22-12-3-2-4-13-22/h5-11,14H,2-4,12-13,15H2,1H3,(H,21,23). The van der Waals surface area contributed by atoms with Crippen molar-refractivity contribution in [1.82, 2.24) is 4.31 Å². The summed E-state index contributed by atoms with van der Waals surface area (Å²) >= 11 is 0. The van der Waals surface area contributed by atoms with Gasteiger partial charge in [-0.2, -0.15) is 4.31 Å². The highest BCUT2D eigenvalue weighted by Gasteiger charge is 2.25. The van der Waals surface area contributed by atoms with E-state index in [1.165, 1.54) is 16.4 Å². The maximum Gasteiger partial charge on any atom is 0.262 e. The molecule has 0 radical (unpaired) electrons. The molecule has 1 aliphatic heterocycles. The number of amides is 1. The van der Waals surface area contributed by atoms with Crippen LogP contribution < -0.4 is 10.1 Å². The lowest BCUT2D eigenvalue weighted by molar-refractivity contribution is -0.118. The Morgan fingerprint density at radius 3 is 2.44 bits per heavy atom. The molecule has 27 heavy (non-hydrogen) atoms. The van der Waals surface area contributed by atoms with Crippen molar-refractivity contribution in [2.24, 2.45) is 0 Å². The lowest BCUT2D eigenvalue weighted by Crippen LogP contribution is -2.35.